The molecule has 0 unspecified atom stereocenters. The minimum atomic E-state index is -0.443. The smallest absolute Gasteiger partial charge is 0.196 e. The zero-order valence-corrected chi connectivity index (χ0v) is 14.1. The lowest BCUT2D eigenvalue weighted by Crippen LogP contribution is -2.09. The van der Waals surface area contributed by atoms with E-state index in [2.05, 4.69) is 0 Å². The van der Waals surface area contributed by atoms with Gasteiger partial charge in [-0.05, 0) is 36.8 Å². The summed E-state index contributed by atoms with van der Waals surface area (Å²) in [6, 6.07) is 19.8. The summed E-state index contributed by atoms with van der Waals surface area (Å²) in [6.45, 7) is 1.68. The van der Waals surface area contributed by atoms with Crippen LogP contribution in [0.3, 0.4) is 0 Å². The van der Waals surface area contributed by atoms with E-state index in [-0.39, 0.29) is 28.2 Å². The van der Waals surface area contributed by atoms with Gasteiger partial charge in [0.25, 0.3) is 0 Å². The Morgan fingerprint density at radius 2 is 1.46 bits per heavy atom. The second-order valence-corrected chi connectivity index (χ2v) is 5.85. The summed E-state index contributed by atoms with van der Waals surface area (Å²) in [4.78, 5) is 25.6. The van der Waals surface area contributed by atoms with E-state index in [1.54, 1.807) is 43.3 Å². The third kappa shape index (κ3) is 3.11. The van der Waals surface area contributed by atoms with Gasteiger partial charge in [0, 0.05) is 16.7 Å². The van der Waals surface area contributed by atoms with E-state index in [1.165, 1.54) is 24.3 Å². The summed E-state index contributed by atoms with van der Waals surface area (Å²) in [5.41, 5.74) is 1.87. The lowest BCUT2D eigenvalue weighted by atomic mass is 9.91. The first kappa shape index (κ1) is 17.1. The van der Waals surface area contributed by atoms with Gasteiger partial charge in [0.15, 0.2) is 11.6 Å². The Hall–Kier alpha value is -3.71. The Morgan fingerprint density at radius 1 is 0.846 bits per heavy atom. The molecular formula is C22H15NO3. The average Bonchev–Trinajstić information content (AvgIpc) is 2.68. The number of nitriles is 1. The van der Waals surface area contributed by atoms with Gasteiger partial charge >= 0.3 is 0 Å². The zero-order chi connectivity index (χ0) is 18.7. The molecule has 0 atom stereocenters. The summed E-state index contributed by atoms with van der Waals surface area (Å²) in [6.07, 6.45) is 0. The molecule has 0 aromatic heterocycles. The van der Waals surface area contributed by atoms with Crippen molar-refractivity contribution in [3.63, 3.8) is 0 Å². The first-order valence-corrected chi connectivity index (χ1v) is 8.00. The summed E-state index contributed by atoms with van der Waals surface area (Å²) in [7, 11) is 0. The number of phenols is 1. The van der Waals surface area contributed by atoms with Crippen molar-refractivity contribution in [3.8, 4) is 11.8 Å². The van der Waals surface area contributed by atoms with E-state index >= 15 is 0 Å². The van der Waals surface area contributed by atoms with E-state index < -0.39 is 5.78 Å². The van der Waals surface area contributed by atoms with Crippen molar-refractivity contribution in [2.24, 2.45) is 0 Å². The van der Waals surface area contributed by atoms with E-state index in [0.29, 0.717) is 16.7 Å². The fraction of sp³-hybridized carbons (Fsp3) is 0.0455. The van der Waals surface area contributed by atoms with Crippen LogP contribution in [0.15, 0.2) is 66.7 Å². The second-order valence-electron chi connectivity index (χ2n) is 5.85. The Bertz CT molecular complexity index is 1050. The van der Waals surface area contributed by atoms with Crippen LogP contribution in [0.25, 0.3) is 0 Å². The highest BCUT2D eigenvalue weighted by molar-refractivity contribution is 6.15. The number of ketones is 2. The van der Waals surface area contributed by atoms with Crippen LogP contribution in [-0.4, -0.2) is 16.7 Å². The number of para-hydroxylation sites is 1. The standard InChI is InChI=1S/C22H15NO3/c1-14-17(13-23)11-16(22(26)18-9-5-6-10-20(18)24)12-19(14)21(25)15-7-3-2-4-8-15/h2-12,24H,1H3. The Labute approximate surface area is 151 Å². The average molecular weight is 341 g/mol. The zero-order valence-electron chi connectivity index (χ0n) is 14.1. The molecule has 0 aliphatic carbocycles. The monoisotopic (exact) mass is 341 g/mol. The first-order chi connectivity index (χ1) is 12.5. The Kier molecular flexibility index (Phi) is 4.64. The lowest BCUT2D eigenvalue weighted by Gasteiger charge is -2.11. The molecule has 0 saturated heterocycles. The molecule has 0 heterocycles. The molecule has 0 fully saturated rings. The van der Waals surface area contributed by atoms with Crippen LogP contribution in [0.4, 0.5) is 0 Å². The normalized spacial score (nSPS) is 10.2. The molecule has 0 amide bonds. The summed E-state index contributed by atoms with van der Waals surface area (Å²) < 4.78 is 0. The highest BCUT2D eigenvalue weighted by Crippen LogP contribution is 2.25. The van der Waals surface area contributed by atoms with Crippen molar-refractivity contribution in [2.45, 2.75) is 6.92 Å². The van der Waals surface area contributed by atoms with Gasteiger partial charge in [-0.1, -0.05) is 42.5 Å². The molecule has 3 aromatic rings. The van der Waals surface area contributed by atoms with Crippen molar-refractivity contribution in [2.75, 3.05) is 0 Å². The van der Waals surface area contributed by atoms with Crippen molar-refractivity contribution in [3.05, 3.63) is 100 Å². The number of phenolic OH excluding ortho intramolecular Hbond substituents is 1. The van der Waals surface area contributed by atoms with Crippen LogP contribution in [0.5, 0.6) is 5.75 Å². The van der Waals surface area contributed by atoms with E-state index in [4.69, 9.17) is 0 Å². The highest BCUT2D eigenvalue weighted by Gasteiger charge is 2.20. The van der Waals surface area contributed by atoms with Crippen LogP contribution in [-0.2, 0) is 0 Å². The Balaban J connectivity index is 2.14. The largest absolute Gasteiger partial charge is 0.507 e. The fourth-order valence-corrected chi connectivity index (χ4v) is 2.76. The van der Waals surface area contributed by atoms with Crippen LogP contribution in [0.1, 0.15) is 43.0 Å². The SMILES string of the molecule is Cc1c(C#N)cc(C(=O)c2ccccc2O)cc1C(=O)c1ccccc1. The number of nitrogens with zero attached hydrogens (tertiary/aromatic N) is 1. The molecule has 0 aliphatic heterocycles. The van der Waals surface area contributed by atoms with Crippen molar-refractivity contribution < 1.29 is 14.7 Å². The number of benzene rings is 3. The summed E-state index contributed by atoms with van der Waals surface area (Å²) in [5, 5.41) is 19.3. The minimum Gasteiger partial charge on any atom is -0.507 e. The molecule has 4 nitrogen and oxygen atoms in total. The first-order valence-electron chi connectivity index (χ1n) is 8.00. The van der Waals surface area contributed by atoms with Crippen LogP contribution in [0.2, 0.25) is 0 Å². The fourth-order valence-electron chi connectivity index (χ4n) is 2.76. The van der Waals surface area contributed by atoms with Gasteiger partial charge in [-0.25, -0.2) is 0 Å². The Morgan fingerprint density at radius 3 is 2.12 bits per heavy atom. The number of hydrogen-bond donors (Lipinski definition) is 1. The van der Waals surface area contributed by atoms with Crippen LogP contribution in [0, 0.1) is 18.3 Å². The maximum atomic E-state index is 12.8. The molecular weight excluding hydrogens is 326 g/mol. The molecule has 4 heteroatoms. The quantitative estimate of drug-likeness (QED) is 0.727. The van der Waals surface area contributed by atoms with E-state index in [1.807, 2.05) is 12.1 Å². The van der Waals surface area contributed by atoms with Gasteiger partial charge in [-0.2, -0.15) is 5.26 Å². The topological polar surface area (TPSA) is 78.2 Å². The number of carbonyl (C=O) groups is 2. The van der Waals surface area contributed by atoms with Gasteiger partial charge in [0.05, 0.1) is 17.2 Å². The van der Waals surface area contributed by atoms with Gasteiger partial charge in [-0.3, -0.25) is 9.59 Å². The lowest BCUT2D eigenvalue weighted by molar-refractivity contribution is 0.103. The molecule has 0 saturated carbocycles. The second kappa shape index (κ2) is 7.04. The van der Waals surface area contributed by atoms with Crippen molar-refractivity contribution in [1.82, 2.24) is 0 Å². The molecule has 3 rings (SSSR count). The molecule has 0 bridgehead atoms. The summed E-state index contributed by atoms with van der Waals surface area (Å²) in [5.74, 6) is -0.847. The third-order valence-electron chi connectivity index (χ3n) is 4.22. The molecule has 3 aromatic carbocycles. The van der Waals surface area contributed by atoms with Crippen molar-refractivity contribution >= 4 is 11.6 Å². The van der Waals surface area contributed by atoms with E-state index in [9.17, 15) is 20.0 Å². The number of aromatic hydroxyl groups is 1. The predicted molar refractivity (Wildman–Crippen MR) is 97.3 cm³/mol. The number of hydrogen-bond acceptors (Lipinski definition) is 4. The van der Waals surface area contributed by atoms with Gasteiger partial charge in [-0.15, -0.1) is 0 Å². The van der Waals surface area contributed by atoms with Gasteiger partial charge < -0.3 is 5.11 Å². The molecule has 0 spiro atoms. The van der Waals surface area contributed by atoms with E-state index in [0.717, 1.165) is 0 Å². The van der Waals surface area contributed by atoms with Crippen LogP contribution < -0.4 is 0 Å². The van der Waals surface area contributed by atoms with Crippen LogP contribution >= 0.6 is 0 Å². The van der Waals surface area contributed by atoms with Crippen molar-refractivity contribution in [1.29, 1.82) is 5.26 Å². The van der Waals surface area contributed by atoms with Gasteiger partial charge in [0.2, 0.25) is 0 Å². The molecule has 0 radical (unpaired) electrons. The molecule has 26 heavy (non-hydrogen) atoms. The summed E-state index contributed by atoms with van der Waals surface area (Å²) >= 11 is 0. The maximum Gasteiger partial charge on any atom is 0.196 e. The highest BCUT2D eigenvalue weighted by atomic mass is 16.3. The number of carbonyl (C=O) groups excluding carboxylic acids is 2. The predicted octanol–water partition coefficient (Wildman–Crippen LogP) is 4.03. The maximum absolute atomic E-state index is 12.8. The number of rotatable bonds is 4. The molecule has 126 valence electrons. The molecule has 0 aliphatic rings. The third-order valence-corrected chi connectivity index (χ3v) is 4.22. The molecule has 1 N–H and O–H groups in total. The van der Waals surface area contributed by atoms with Gasteiger partial charge in [0.1, 0.15) is 5.75 Å². The minimum absolute atomic E-state index is 0.123.